The van der Waals surface area contributed by atoms with Crippen LogP contribution in [0.1, 0.15) is 15.9 Å². The molecule has 2 rings (SSSR count). The van der Waals surface area contributed by atoms with E-state index in [1.54, 1.807) is 24.3 Å². The molecule has 0 radical (unpaired) electrons. The molecule has 0 saturated carbocycles. The highest BCUT2D eigenvalue weighted by Crippen LogP contribution is 2.20. The van der Waals surface area contributed by atoms with Crippen molar-refractivity contribution in [1.82, 2.24) is 0 Å². The largest absolute Gasteiger partial charge is 0.484 e. The van der Waals surface area contributed by atoms with Gasteiger partial charge in [0.05, 0.1) is 12.7 Å². The fourth-order valence-corrected chi connectivity index (χ4v) is 2.15. The third kappa shape index (κ3) is 4.82. The molecule has 2 aromatic carbocycles. The van der Waals surface area contributed by atoms with Gasteiger partial charge in [-0.15, -0.1) is 0 Å². The molecule has 0 aliphatic rings. The van der Waals surface area contributed by atoms with Gasteiger partial charge in [-0.05, 0) is 48.9 Å². The van der Waals surface area contributed by atoms with Crippen LogP contribution in [0.2, 0.25) is 0 Å². The Balaban J connectivity index is 1.94. The summed E-state index contributed by atoms with van der Waals surface area (Å²) in [5, 5.41) is 2.75. The minimum absolute atomic E-state index is 0.153. The summed E-state index contributed by atoms with van der Waals surface area (Å²) in [7, 11) is 1.31. The number of carbonyl (C=O) groups is 2. The Kier molecular flexibility index (Phi) is 5.76. The van der Waals surface area contributed by atoms with Crippen LogP contribution in [0.25, 0.3) is 0 Å². The predicted octanol–water partition coefficient (Wildman–Crippen LogP) is 3.56. The molecule has 0 bridgehead atoms. The van der Waals surface area contributed by atoms with E-state index >= 15 is 0 Å². The molecule has 1 amide bonds. The number of nitrogens with one attached hydrogen (secondary N) is 1. The number of aryl methyl sites for hydroxylation is 1. The molecule has 5 nitrogen and oxygen atoms in total. The van der Waals surface area contributed by atoms with Crippen LogP contribution in [0.15, 0.2) is 46.9 Å². The molecule has 0 unspecified atom stereocenters. The Hall–Kier alpha value is -2.34. The van der Waals surface area contributed by atoms with E-state index in [0.29, 0.717) is 17.0 Å². The van der Waals surface area contributed by atoms with E-state index in [1.165, 1.54) is 13.2 Å². The third-order valence-corrected chi connectivity index (χ3v) is 3.96. The van der Waals surface area contributed by atoms with Crippen molar-refractivity contribution in [2.75, 3.05) is 19.0 Å². The van der Waals surface area contributed by atoms with Gasteiger partial charge in [-0.25, -0.2) is 4.79 Å². The van der Waals surface area contributed by atoms with Gasteiger partial charge in [0, 0.05) is 10.2 Å². The summed E-state index contributed by atoms with van der Waals surface area (Å²) in [5.74, 6) is -0.310. The summed E-state index contributed by atoms with van der Waals surface area (Å²) in [6, 6.07) is 12.0. The summed E-state index contributed by atoms with van der Waals surface area (Å²) < 4.78 is 11.0. The summed E-state index contributed by atoms with van der Waals surface area (Å²) >= 11 is 3.41. The van der Waals surface area contributed by atoms with Crippen LogP contribution in [0.4, 0.5) is 5.69 Å². The lowest BCUT2D eigenvalue weighted by Crippen LogP contribution is -2.20. The maximum Gasteiger partial charge on any atom is 0.337 e. The fourth-order valence-electron chi connectivity index (χ4n) is 1.90. The first-order valence-corrected chi connectivity index (χ1v) is 7.66. The maximum atomic E-state index is 11.9. The van der Waals surface area contributed by atoms with Gasteiger partial charge in [0.15, 0.2) is 6.61 Å². The van der Waals surface area contributed by atoms with Gasteiger partial charge in [-0.1, -0.05) is 22.0 Å². The van der Waals surface area contributed by atoms with Crippen LogP contribution >= 0.6 is 15.9 Å². The number of hydrogen-bond donors (Lipinski definition) is 1. The van der Waals surface area contributed by atoms with Crippen molar-refractivity contribution in [3.8, 4) is 5.75 Å². The zero-order valence-electron chi connectivity index (χ0n) is 12.8. The van der Waals surface area contributed by atoms with Gasteiger partial charge >= 0.3 is 5.97 Å². The number of amides is 1. The zero-order valence-corrected chi connectivity index (χ0v) is 14.3. The van der Waals surface area contributed by atoms with Crippen molar-refractivity contribution in [2.24, 2.45) is 0 Å². The first-order chi connectivity index (χ1) is 11.0. The molecule has 0 heterocycles. The summed E-state index contributed by atoms with van der Waals surface area (Å²) in [4.78, 5) is 23.4. The van der Waals surface area contributed by atoms with E-state index in [-0.39, 0.29) is 12.5 Å². The SMILES string of the molecule is COC(=O)c1cccc(OCC(=O)Nc2ccc(Br)c(C)c2)c1. The Morgan fingerprint density at radius 1 is 1.17 bits per heavy atom. The molecule has 6 heteroatoms. The van der Waals surface area contributed by atoms with Crippen molar-refractivity contribution < 1.29 is 19.1 Å². The summed E-state index contributed by atoms with van der Waals surface area (Å²) in [5.41, 5.74) is 2.09. The molecule has 0 saturated heterocycles. The van der Waals surface area contributed by atoms with Crippen LogP contribution in [0.3, 0.4) is 0 Å². The van der Waals surface area contributed by atoms with E-state index in [4.69, 9.17) is 4.74 Å². The second-order valence-electron chi connectivity index (χ2n) is 4.82. The number of ether oxygens (including phenoxy) is 2. The lowest BCUT2D eigenvalue weighted by Gasteiger charge is -2.09. The van der Waals surface area contributed by atoms with E-state index in [9.17, 15) is 9.59 Å². The average Bonchev–Trinajstić information content (AvgIpc) is 2.56. The Bertz CT molecular complexity index is 730. The van der Waals surface area contributed by atoms with Crippen LogP contribution in [0, 0.1) is 6.92 Å². The molecule has 0 aliphatic heterocycles. The van der Waals surface area contributed by atoms with Crippen molar-refractivity contribution in [1.29, 1.82) is 0 Å². The molecule has 0 aliphatic carbocycles. The molecule has 0 aromatic heterocycles. The maximum absolute atomic E-state index is 11.9. The highest BCUT2D eigenvalue weighted by molar-refractivity contribution is 9.10. The third-order valence-electron chi connectivity index (χ3n) is 3.07. The fraction of sp³-hybridized carbons (Fsp3) is 0.176. The number of esters is 1. The van der Waals surface area contributed by atoms with Crippen LogP contribution in [-0.4, -0.2) is 25.6 Å². The van der Waals surface area contributed by atoms with Crippen molar-refractivity contribution >= 4 is 33.5 Å². The van der Waals surface area contributed by atoms with Gasteiger partial charge < -0.3 is 14.8 Å². The lowest BCUT2D eigenvalue weighted by molar-refractivity contribution is -0.118. The molecular formula is C17H16BrNO4. The number of halogens is 1. The van der Waals surface area contributed by atoms with E-state index < -0.39 is 5.97 Å². The van der Waals surface area contributed by atoms with Crippen molar-refractivity contribution in [3.05, 3.63) is 58.1 Å². The molecule has 0 fully saturated rings. The number of benzene rings is 2. The normalized spacial score (nSPS) is 10.0. The molecular weight excluding hydrogens is 362 g/mol. The molecule has 23 heavy (non-hydrogen) atoms. The van der Waals surface area contributed by atoms with Crippen molar-refractivity contribution in [2.45, 2.75) is 6.92 Å². The highest BCUT2D eigenvalue weighted by Gasteiger charge is 2.08. The molecule has 120 valence electrons. The Labute approximate surface area is 142 Å². The quantitative estimate of drug-likeness (QED) is 0.809. The molecule has 1 N–H and O–H groups in total. The van der Waals surface area contributed by atoms with Gasteiger partial charge in [-0.2, -0.15) is 0 Å². The number of methoxy groups -OCH3 is 1. The Morgan fingerprint density at radius 2 is 1.96 bits per heavy atom. The minimum Gasteiger partial charge on any atom is -0.484 e. The van der Waals surface area contributed by atoms with E-state index in [1.807, 2.05) is 19.1 Å². The molecule has 0 spiro atoms. The van der Waals surface area contributed by atoms with Crippen LogP contribution in [-0.2, 0) is 9.53 Å². The van der Waals surface area contributed by atoms with E-state index in [2.05, 4.69) is 26.0 Å². The van der Waals surface area contributed by atoms with Gasteiger partial charge in [0.2, 0.25) is 0 Å². The number of rotatable bonds is 5. The average molecular weight is 378 g/mol. The lowest BCUT2D eigenvalue weighted by atomic mass is 10.2. The smallest absolute Gasteiger partial charge is 0.337 e. The van der Waals surface area contributed by atoms with Gasteiger partial charge in [0.25, 0.3) is 5.91 Å². The summed E-state index contributed by atoms with van der Waals surface area (Å²) in [6.45, 7) is 1.79. The van der Waals surface area contributed by atoms with Gasteiger partial charge in [0.1, 0.15) is 5.75 Å². The highest BCUT2D eigenvalue weighted by atomic mass is 79.9. The second-order valence-corrected chi connectivity index (χ2v) is 5.67. The monoisotopic (exact) mass is 377 g/mol. The van der Waals surface area contributed by atoms with E-state index in [0.717, 1.165) is 10.0 Å². The number of hydrogen-bond acceptors (Lipinski definition) is 4. The first kappa shape index (κ1) is 17.0. The van der Waals surface area contributed by atoms with Crippen LogP contribution in [0.5, 0.6) is 5.75 Å². The zero-order chi connectivity index (χ0) is 16.8. The minimum atomic E-state index is -0.453. The van der Waals surface area contributed by atoms with Crippen molar-refractivity contribution in [3.63, 3.8) is 0 Å². The second kappa shape index (κ2) is 7.78. The topological polar surface area (TPSA) is 64.6 Å². The molecule has 2 aromatic rings. The predicted molar refractivity (Wildman–Crippen MR) is 90.8 cm³/mol. The summed E-state index contributed by atoms with van der Waals surface area (Å²) in [6.07, 6.45) is 0. The number of carbonyl (C=O) groups excluding carboxylic acids is 2. The van der Waals surface area contributed by atoms with Crippen LogP contribution < -0.4 is 10.1 Å². The number of anilines is 1. The standard InChI is InChI=1S/C17H16BrNO4/c1-11-8-13(6-7-15(11)18)19-16(20)10-23-14-5-3-4-12(9-14)17(21)22-2/h3-9H,10H2,1-2H3,(H,19,20). The first-order valence-electron chi connectivity index (χ1n) is 6.87. The van der Waals surface area contributed by atoms with Gasteiger partial charge in [-0.3, -0.25) is 4.79 Å². The Morgan fingerprint density at radius 3 is 2.65 bits per heavy atom. The molecule has 0 atom stereocenters.